The standard InChI is InChI=1S/C16H25F2N5O2/c1-15(2,3)25-9-11-8-23(21-20-11)12-6-13(19-7-12)14(24)22-5-4-16(17,18)10-22/h8,12-13,19H,4-7,9-10H2,1-3H3/t12-,13-/m0/s1. The Bertz CT molecular complexity index is 628. The summed E-state index contributed by atoms with van der Waals surface area (Å²) in [7, 11) is 0. The van der Waals surface area contributed by atoms with Crippen molar-refractivity contribution in [1.29, 1.82) is 0 Å². The van der Waals surface area contributed by atoms with Gasteiger partial charge in [-0.15, -0.1) is 5.10 Å². The highest BCUT2D eigenvalue weighted by Gasteiger charge is 2.43. The molecule has 0 saturated carbocycles. The smallest absolute Gasteiger partial charge is 0.267 e. The number of halogens is 2. The van der Waals surface area contributed by atoms with Gasteiger partial charge in [0.1, 0.15) is 5.69 Å². The fraction of sp³-hybridized carbons (Fsp3) is 0.812. The molecule has 1 N–H and O–H groups in total. The molecule has 25 heavy (non-hydrogen) atoms. The van der Waals surface area contributed by atoms with Gasteiger partial charge in [0, 0.05) is 19.5 Å². The van der Waals surface area contributed by atoms with E-state index in [-0.39, 0.29) is 30.5 Å². The van der Waals surface area contributed by atoms with Crippen molar-refractivity contribution in [3.63, 3.8) is 0 Å². The number of aromatic nitrogens is 3. The lowest BCUT2D eigenvalue weighted by Gasteiger charge is -2.20. The second-order valence-electron chi connectivity index (χ2n) is 7.81. The van der Waals surface area contributed by atoms with E-state index in [0.717, 1.165) is 5.69 Å². The molecule has 2 aliphatic heterocycles. The molecular weight excluding hydrogens is 332 g/mol. The van der Waals surface area contributed by atoms with E-state index in [2.05, 4.69) is 15.6 Å². The Morgan fingerprint density at radius 3 is 2.88 bits per heavy atom. The van der Waals surface area contributed by atoms with Gasteiger partial charge in [0.25, 0.3) is 5.92 Å². The Morgan fingerprint density at radius 2 is 2.24 bits per heavy atom. The van der Waals surface area contributed by atoms with Crippen molar-refractivity contribution in [1.82, 2.24) is 25.2 Å². The minimum Gasteiger partial charge on any atom is -0.369 e. The maximum Gasteiger partial charge on any atom is 0.267 e. The summed E-state index contributed by atoms with van der Waals surface area (Å²) in [4.78, 5) is 13.6. The highest BCUT2D eigenvalue weighted by Crippen LogP contribution is 2.29. The first-order chi connectivity index (χ1) is 11.6. The van der Waals surface area contributed by atoms with Crippen LogP contribution in [-0.2, 0) is 16.1 Å². The third-order valence-electron chi connectivity index (χ3n) is 4.47. The average Bonchev–Trinajstić information content (AvgIpc) is 3.22. The number of rotatable bonds is 4. The molecule has 9 heteroatoms. The number of hydrogen-bond acceptors (Lipinski definition) is 5. The van der Waals surface area contributed by atoms with Crippen molar-refractivity contribution in [3.8, 4) is 0 Å². The zero-order chi connectivity index (χ0) is 18.2. The molecule has 0 aromatic carbocycles. The summed E-state index contributed by atoms with van der Waals surface area (Å²) in [6.45, 7) is 6.47. The van der Waals surface area contributed by atoms with Gasteiger partial charge in [0.2, 0.25) is 5.91 Å². The predicted molar refractivity (Wildman–Crippen MR) is 86.2 cm³/mol. The van der Waals surface area contributed by atoms with E-state index in [0.29, 0.717) is 19.6 Å². The molecule has 7 nitrogen and oxygen atoms in total. The van der Waals surface area contributed by atoms with E-state index in [4.69, 9.17) is 4.74 Å². The number of likely N-dealkylation sites (tertiary alicyclic amines) is 1. The first-order valence-corrected chi connectivity index (χ1v) is 8.58. The van der Waals surface area contributed by atoms with Gasteiger partial charge in [-0.3, -0.25) is 4.79 Å². The molecular formula is C16H25F2N5O2. The average molecular weight is 357 g/mol. The lowest BCUT2D eigenvalue weighted by Crippen LogP contribution is -2.43. The van der Waals surface area contributed by atoms with Crippen molar-refractivity contribution in [2.45, 2.75) is 63.8 Å². The third-order valence-corrected chi connectivity index (χ3v) is 4.47. The maximum absolute atomic E-state index is 13.3. The Kier molecular flexibility index (Phi) is 4.80. The van der Waals surface area contributed by atoms with Crippen molar-refractivity contribution < 1.29 is 18.3 Å². The number of amides is 1. The SMILES string of the molecule is CC(C)(C)OCc1cn([C@@H]2CN[C@H](C(=O)N3CCC(F)(F)C3)C2)nn1. The zero-order valence-electron chi connectivity index (χ0n) is 14.8. The zero-order valence-corrected chi connectivity index (χ0v) is 14.8. The fourth-order valence-corrected chi connectivity index (χ4v) is 3.10. The molecule has 3 rings (SSSR count). The minimum absolute atomic E-state index is 0.0204. The Hall–Kier alpha value is -1.61. The van der Waals surface area contributed by atoms with E-state index in [1.807, 2.05) is 27.0 Å². The number of nitrogens with zero attached hydrogens (tertiary/aromatic N) is 4. The van der Waals surface area contributed by atoms with Gasteiger partial charge < -0.3 is 15.0 Å². The highest BCUT2D eigenvalue weighted by atomic mass is 19.3. The van der Waals surface area contributed by atoms with Crippen LogP contribution in [0, 0.1) is 0 Å². The fourth-order valence-electron chi connectivity index (χ4n) is 3.10. The van der Waals surface area contributed by atoms with Crippen LogP contribution < -0.4 is 5.32 Å². The quantitative estimate of drug-likeness (QED) is 0.881. The second kappa shape index (κ2) is 6.60. The first kappa shape index (κ1) is 18.2. The number of nitrogens with one attached hydrogen (secondary N) is 1. The van der Waals surface area contributed by atoms with Crippen LogP contribution in [0.15, 0.2) is 6.20 Å². The molecule has 140 valence electrons. The molecule has 2 aliphatic rings. The van der Waals surface area contributed by atoms with Gasteiger partial charge in [-0.1, -0.05) is 5.21 Å². The lowest BCUT2D eigenvalue weighted by molar-refractivity contribution is -0.133. The summed E-state index contributed by atoms with van der Waals surface area (Å²) in [5, 5.41) is 11.3. The molecule has 3 heterocycles. The van der Waals surface area contributed by atoms with Gasteiger partial charge in [-0.05, 0) is 27.2 Å². The Labute approximate surface area is 145 Å². The van der Waals surface area contributed by atoms with Crippen LogP contribution in [0.25, 0.3) is 0 Å². The molecule has 0 unspecified atom stereocenters. The maximum atomic E-state index is 13.3. The lowest BCUT2D eigenvalue weighted by atomic mass is 10.1. The predicted octanol–water partition coefficient (Wildman–Crippen LogP) is 1.36. The summed E-state index contributed by atoms with van der Waals surface area (Å²) < 4.78 is 34.0. The molecule has 2 saturated heterocycles. The van der Waals surface area contributed by atoms with Gasteiger partial charge in [0.15, 0.2) is 0 Å². The molecule has 1 aromatic rings. The first-order valence-electron chi connectivity index (χ1n) is 8.58. The van der Waals surface area contributed by atoms with E-state index in [9.17, 15) is 13.6 Å². The Balaban J connectivity index is 1.54. The topological polar surface area (TPSA) is 72.3 Å². The monoisotopic (exact) mass is 357 g/mol. The van der Waals surface area contributed by atoms with Crippen LogP contribution in [0.4, 0.5) is 8.78 Å². The second-order valence-corrected chi connectivity index (χ2v) is 7.81. The van der Waals surface area contributed by atoms with Crippen LogP contribution in [0.5, 0.6) is 0 Å². The number of hydrogen-bond donors (Lipinski definition) is 1. The number of carbonyl (C=O) groups excluding carboxylic acids is 1. The number of carbonyl (C=O) groups is 1. The summed E-state index contributed by atoms with van der Waals surface area (Å²) in [5.74, 6) is -3.02. The van der Waals surface area contributed by atoms with Crippen molar-refractivity contribution in [2.24, 2.45) is 0 Å². The molecule has 0 aliphatic carbocycles. The van der Waals surface area contributed by atoms with Gasteiger partial charge in [0.05, 0.1) is 37.0 Å². The highest BCUT2D eigenvalue weighted by molar-refractivity contribution is 5.82. The van der Waals surface area contributed by atoms with Crippen LogP contribution in [0.3, 0.4) is 0 Å². The largest absolute Gasteiger partial charge is 0.369 e. The van der Waals surface area contributed by atoms with Crippen LogP contribution in [0.1, 0.15) is 45.3 Å². The summed E-state index contributed by atoms with van der Waals surface area (Å²) in [5.41, 5.74) is 0.470. The molecule has 1 aromatic heterocycles. The molecule has 0 bridgehead atoms. The van der Waals surface area contributed by atoms with E-state index < -0.39 is 18.5 Å². The van der Waals surface area contributed by atoms with Gasteiger partial charge in [-0.25, -0.2) is 13.5 Å². The van der Waals surface area contributed by atoms with E-state index >= 15 is 0 Å². The molecule has 2 atom stereocenters. The minimum atomic E-state index is -2.76. The summed E-state index contributed by atoms with van der Waals surface area (Å²) in [6.07, 6.45) is 2.08. The van der Waals surface area contributed by atoms with E-state index in [1.165, 1.54) is 4.90 Å². The normalized spacial score (nSPS) is 26.4. The molecule has 2 fully saturated rings. The van der Waals surface area contributed by atoms with Crippen molar-refractivity contribution >= 4 is 5.91 Å². The van der Waals surface area contributed by atoms with Crippen molar-refractivity contribution in [3.05, 3.63) is 11.9 Å². The third kappa shape index (κ3) is 4.52. The van der Waals surface area contributed by atoms with Gasteiger partial charge >= 0.3 is 0 Å². The molecule has 0 spiro atoms. The summed E-state index contributed by atoms with van der Waals surface area (Å²) >= 11 is 0. The van der Waals surface area contributed by atoms with E-state index in [1.54, 1.807) is 4.68 Å². The number of ether oxygens (including phenoxy) is 1. The van der Waals surface area contributed by atoms with Crippen LogP contribution in [0.2, 0.25) is 0 Å². The Morgan fingerprint density at radius 1 is 1.48 bits per heavy atom. The molecule has 1 amide bonds. The summed E-state index contributed by atoms with van der Waals surface area (Å²) in [6, 6.07) is -0.467. The van der Waals surface area contributed by atoms with Crippen LogP contribution >= 0.6 is 0 Å². The molecule has 0 radical (unpaired) electrons. The number of alkyl halides is 2. The van der Waals surface area contributed by atoms with Gasteiger partial charge in [-0.2, -0.15) is 0 Å². The van der Waals surface area contributed by atoms with Crippen molar-refractivity contribution in [2.75, 3.05) is 19.6 Å². The van der Waals surface area contributed by atoms with Crippen LogP contribution in [-0.4, -0.2) is 63.0 Å².